The maximum absolute atomic E-state index is 13.2. The van der Waals surface area contributed by atoms with Gasteiger partial charge in [0.1, 0.15) is 6.04 Å². The summed E-state index contributed by atoms with van der Waals surface area (Å²) < 4.78 is 6.67. The van der Waals surface area contributed by atoms with Crippen molar-refractivity contribution in [2.24, 2.45) is 0 Å². The Kier molecular flexibility index (Phi) is 5.35. The van der Waals surface area contributed by atoms with Crippen molar-refractivity contribution in [3.8, 4) is 11.6 Å². The Hall–Kier alpha value is -3.74. The van der Waals surface area contributed by atoms with Crippen molar-refractivity contribution in [1.29, 1.82) is 0 Å². The first-order valence-electron chi connectivity index (χ1n) is 11.2. The number of nitrogen functional groups attached to an aromatic ring is 1. The summed E-state index contributed by atoms with van der Waals surface area (Å²) in [6.45, 7) is 5.61. The van der Waals surface area contributed by atoms with Crippen LogP contribution in [0.25, 0.3) is 17.4 Å². The number of hydrogen-bond acceptors (Lipinski definition) is 10. The van der Waals surface area contributed by atoms with Gasteiger partial charge in [-0.3, -0.25) is 9.59 Å². The lowest BCUT2D eigenvalue weighted by Gasteiger charge is -2.44. The van der Waals surface area contributed by atoms with Gasteiger partial charge in [-0.05, 0) is 32.4 Å². The Morgan fingerprint density at radius 1 is 1.15 bits per heavy atom. The molecule has 2 amide bonds. The SMILES string of the molecule is CC(C)(O)CC(=O)N1CCN(C(=O)[C@@H]2CCN2c2nc(N)n3nc(-c4ccco4)nc3n2)CC1. The summed E-state index contributed by atoms with van der Waals surface area (Å²) in [6, 6.07) is 3.08. The molecule has 1 atom stereocenters. The molecule has 0 saturated carbocycles. The first kappa shape index (κ1) is 22.1. The van der Waals surface area contributed by atoms with Crippen LogP contribution in [0.15, 0.2) is 22.8 Å². The van der Waals surface area contributed by atoms with Crippen molar-refractivity contribution in [3.05, 3.63) is 18.4 Å². The quantitative estimate of drug-likeness (QED) is 0.511. The average Bonchev–Trinajstić information content (AvgIpc) is 3.42. The summed E-state index contributed by atoms with van der Waals surface area (Å²) in [5.41, 5.74) is 5.04. The van der Waals surface area contributed by atoms with Gasteiger partial charge in [0, 0.05) is 32.7 Å². The number of rotatable bonds is 5. The van der Waals surface area contributed by atoms with Crippen LogP contribution in [0, 0.1) is 0 Å². The van der Waals surface area contributed by atoms with Gasteiger partial charge in [0.15, 0.2) is 5.76 Å². The Morgan fingerprint density at radius 3 is 2.50 bits per heavy atom. The van der Waals surface area contributed by atoms with Crippen LogP contribution in [0.1, 0.15) is 26.7 Å². The fourth-order valence-corrected chi connectivity index (χ4v) is 4.19. The van der Waals surface area contributed by atoms with Crippen LogP contribution >= 0.6 is 0 Å². The van der Waals surface area contributed by atoms with Crippen molar-refractivity contribution in [2.45, 2.75) is 38.3 Å². The Morgan fingerprint density at radius 2 is 1.88 bits per heavy atom. The molecule has 13 nitrogen and oxygen atoms in total. The van der Waals surface area contributed by atoms with Gasteiger partial charge in [-0.15, -0.1) is 5.10 Å². The van der Waals surface area contributed by atoms with E-state index in [-0.39, 0.29) is 30.0 Å². The summed E-state index contributed by atoms with van der Waals surface area (Å²) in [6.07, 6.45) is 2.26. The minimum atomic E-state index is -1.05. The number of anilines is 2. The van der Waals surface area contributed by atoms with Crippen molar-refractivity contribution in [3.63, 3.8) is 0 Å². The van der Waals surface area contributed by atoms with Gasteiger partial charge in [0.05, 0.1) is 18.3 Å². The second-order valence-corrected chi connectivity index (χ2v) is 9.20. The molecule has 2 aliphatic rings. The molecule has 0 aromatic carbocycles. The van der Waals surface area contributed by atoms with Crippen LogP contribution in [0.2, 0.25) is 0 Å². The third-order valence-corrected chi connectivity index (χ3v) is 6.05. The highest BCUT2D eigenvalue weighted by atomic mass is 16.3. The van der Waals surface area contributed by atoms with E-state index >= 15 is 0 Å². The molecule has 0 bridgehead atoms. The number of fused-ring (bicyclic) bond motifs is 1. The number of hydrogen-bond donors (Lipinski definition) is 2. The van der Waals surface area contributed by atoms with Gasteiger partial charge >= 0.3 is 0 Å². The highest BCUT2D eigenvalue weighted by Gasteiger charge is 2.40. The van der Waals surface area contributed by atoms with E-state index in [1.807, 2.05) is 4.90 Å². The van der Waals surface area contributed by atoms with Gasteiger partial charge in [-0.25, -0.2) is 0 Å². The highest BCUT2D eigenvalue weighted by molar-refractivity contribution is 5.87. The van der Waals surface area contributed by atoms with Gasteiger partial charge in [-0.2, -0.15) is 19.5 Å². The topological polar surface area (TPSA) is 159 Å². The molecule has 0 unspecified atom stereocenters. The number of nitrogens with two attached hydrogens (primary N) is 1. The molecule has 3 N–H and O–H groups in total. The zero-order valence-electron chi connectivity index (χ0n) is 19.1. The molecule has 0 radical (unpaired) electrons. The molecule has 0 spiro atoms. The molecule has 34 heavy (non-hydrogen) atoms. The standard InChI is InChI=1S/C21H27N9O4/c1-21(2,33)12-15(31)27-7-9-28(10-8-27)17(32)13-5-6-29(13)19-24-18(22)30-20(25-19)23-16(26-30)14-4-3-11-34-14/h3-4,11,13,33H,5-10,12H2,1-2H3,(H2,22,23,24,25,26)/t13-/m0/s1. The van der Waals surface area contributed by atoms with E-state index < -0.39 is 11.6 Å². The summed E-state index contributed by atoms with van der Waals surface area (Å²) in [5.74, 6) is 1.41. The first-order valence-corrected chi connectivity index (χ1v) is 11.2. The van der Waals surface area contributed by atoms with Gasteiger partial charge in [0.2, 0.25) is 29.5 Å². The Labute approximate surface area is 195 Å². The van der Waals surface area contributed by atoms with E-state index in [0.29, 0.717) is 56.7 Å². The predicted molar refractivity (Wildman–Crippen MR) is 121 cm³/mol. The van der Waals surface area contributed by atoms with E-state index in [2.05, 4.69) is 20.1 Å². The van der Waals surface area contributed by atoms with Crippen molar-refractivity contribution < 1.29 is 19.1 Å². The van der Waals surface area contributed by atoms with Gasteiger partial charge in [0.25, 0.3) is 5.78 Å². The molecular formula is C21H27N9O4. The molecule has 2 fully saturated rings. The lowest BCUT2D eigenvalue weighted by molar-refractivity contribution is -0.143. The van der Waals surface area contributed by atoms with Crippen LogP contribution < -0.4 is 10.6 Å². The molecular weight excluding hydrogens is 442 g/mol. The molecule has 5 rings (SSSR count). The Balaban J connectivity index is 1.26. The minimum absolute atomic E-state index is 0.0272. The van der Waals surface area contributed by atoms with E-state index in [9.17, 15) is 14.7 Å². The monoisotopic (exact) mass is 469 g/mol. The Bertz CT molecular complexity index is 1210. The molecule has 180 valence electrons. The van der Waals surface area contributed by atoms with Crippen LogP contribution in [-0.2, 0) is 9.59 Å². The van der Waals surface area contributed by atoms with Crippen molar-refractivity contribution in [1.82, 2.24) is 34.4 Å². The smallest absolute Gasteiger partial charge is 0.259 e. The predicted octanol–water partition coefficient (Wildman–Crippen LogP) is -0.228. The number of piperazine rings is 1. The first-order chi connectivity index (χ1) is 16.2. The molecule has 2 aliphatic heterocycles. The van der Waals surface area contributed by atoms with E-state index in [0.717, 1.165) is 0 Å². The molecule has 13 heteroatoms. The van der Waals surface area contributed by atoms with Crippen LogP contribution in [0.5, 0.6) is 0 Å². The largest absolute Gasteiger partial charge is 0.461 e. The maximum atomic E-state index is 13.2. The number of aliphatic hydroxyl groups is 1. The van der Waals surface area contributed by atoms with Gasteiger partial charge < -0.3 is 30.0 Å². The number of furan rings is 1. The maximum Gasteiger partial charge on any atom is 0.259 e. The molecule has 5 heterocycles. The van der Waals surface area contributed by atoms with E-state index in [4.69, 9.17) is 10.2 Å². The second-order valence-electron chi connectivity index (χ2n) is 9.20. The fraction of sp³-hybridized carbons (Fsp3) is 0.524. The summed E-state index contributed by atoms with van der Waals surface area (Å²) in [7, 11) is 0. The number of carbonyl (C=O) groups is 2. The van der Waals surface area contributed by atoms with Crippen LogP contribution in [0.4, 0.5) is 11.9 Å². The number of amides is 2. The molecule has 0 aliphatic carbocycles. The average molecular weight is 470 g/mol. The second kappa shape index (κ2) is 8.24. The molecule has 3 aromatic rings. The fourth-order valence-electron chi connectivity index (χ4n) is 4.19. The number of nitrogens with zero attached hydrogens (tertiary/aromatic N) is 8. The summed E-state index contributed by atoms with van der Waals surface area (Å²) in [4.78, 5) is 44.0. The van der Waals surface area contributed by atoms with E-state index in [1.54, 1.807) is 35.8 Å². The summed E-state index contributed by atoms with van der Waals surface area (Å²) >= 11 is 0. The minimum Gasteiger partial charge on any atom is -0.461 e. The van der Waals surface area contributed by atoms with E-state index in [1.165, 1.54) is 10.8 Å². The van der Waals surface area contributed by atoms with Crippen LogP contribution in [0.3, 0.4) is 0 Å². The number of carbonyl (C=O) groups excluding carboxylic acids is 2. The normalized spacial score (nSPS) is 18.9. The van der Waals surface area contributed by atoms with Crippen molar-refractivity contribution in [2.75, 3.05) is 43.4 Å². The molecule has 2 saturated heterocycles. The molecule has 3 aromatic heterocycles. The number of aromatic nitrogens is 5. The third kappa shape index (κ3) is 4.14. The zero-order valence-corrected chi connectivity index (χ0v) is 19.1. The van der Waals surface area contributed by atoms with Crippen LogP contribution in [-0.4, -0.2) is 95.7 Å². The lowest BCUT2D eigenvalue weighted by Crippen LogP contribution is -2.61. The lowest BCUT2D eigenvalue weighted by atomic mass is 10.0. The van der Waals surface area contributed by atoms with Gasteiger partial charge in [-0.1, -0.05) is 0 Å². The third-order valence-electron chi connectivity index (χ3n) is 6.05. The zero-order chi connectivity index (χ0) is 24.0. The summed E-state index contributed by atoms with van der Waals surface area (Å²) in [5, 5.41) is 14.2. The highest BCUT2D eigenvalue weighted by Crippen LogP contribution is 2.27. The van der Waals surface area contributed by atoms with Crippen molar-refractivity contribution >= 4 is 29.5 Å².